The summed E-state index contributed by atoms with van der Waals surface area (Å²) in [4.78, 5) is 25.5. The third kappa shape index (κ3) is 3.71. The normalized spacial score (nSPS) is 10.3. The van der Waals surface area contributed by atoms with Crippen LogP contribution in [0, 0.1) is 13.8 Å². The number of ether oxygens (including phenoxy) is 2. The first-order valence-electron chi connectivity index (χ1n) is 7.20. The molecule has 0 bridgehead atoms. The van der Waals surface area contributed by atoms with Crippen LogP contribution >= 0.6 is 11.3 Å². The molecule has 0 saturated carbocycles. The number of aryl methyl sites for hydroxylation is 1. The van der Waals surface area contributed by atoms with Gasteiger partial charge in [-0.25, -0.2) is 4.79 Å². The summed E-state index contributed by atoms with van der Waals surface area (Å²) < 4.78 is 10.2. The Bertz CT molecular complexity index is 719. The van der Waals surface area contributed by atoms with Crippen LogP contribution in [-0.4, -0.2) is 25.6 Å². The molecule has 1 aromatic heterocycles. The van der Waals surface area contributed by atoms with E-state index in [9.17, 15) is 9.59 Å². The Balaban J connectivity index is 2.26. The van der Waals surface area contributed by atoms with Crippen molar-refractivity contribution in [2.75, 3.05) is 19.0 Å². The van der Waals surface area contributed by atoms with Crippen molar-refractivity contribution in [3.63, 3.8) is 0 Å². The topological polar surface area (TPSA) is 64.6 Å². The summed E-state index contributed by atoms with van der Waals surface area (Å²) in [7, 11) is 1.57. The monoisotopic (exact) mass is 333 g/mol. The maximum atomic E-state index is 12.4. The van der Waals surface area contributed by atoms with Gasteiger partial charge in [0.05, 0.1) is 19.3 Å². The molecule has 0 spiro atoms. The Morgan fingerprint density at radius 3 is 2.39 bits per heavy atom. The highest BCUT2D eigenvalue weighted by Gasteiger charge is 2.22. The highest BCUT2D eigenvalue weighted by molar-refractivity contribution is 7.16. The Hall–Kier alpha value is -2.34. The quantitative estimate of drug-likeness (QED) is 0.845. The summed E-state index contributed by atoms with van der Waals surface area (Å²) in [5.74, 6) is -0.0181. The summed E-state index contributed by atoms with van der Waals surface area (Å²) in [6, 6.07) is 6.77. The predicted molar refractivity (Wildman–Crippen MR) is 90.7 cm³/mol. The number of esters is 1. The van der Waals surface area contributed by atoms with E-state index >= 15 is 0 Å². The third-order valence-electron chi connectivity index (χ3n) is 3.44. The standard InChI is InChI=1S/C17H19NO4S/c1-5-22-17(20)14-10(2)11(3)23-16(14)18-15(19)12-6-8-13(21-4)9-7-12/h6-9H,5H2,1-4H3,(H,18,19). The number of methoxy groups -OCH3 is 1. The fourth-order valence-corrected chi connectivity index (χ4v) is 3.13. The number of benzene rings is 1. The smallest absolute Gasteiger partial charge is 0.341 e. The fraction of sp³-hybridized carbons (Fsp3) is 0.294. The van der Waals surface area contributed by atoms with Crippen molar-refractivity contribution < 1.29 is 19.1 Å². The molecule has 0 atom stereocenters. The van der Waals surface area contributed by atoms with Crippen LogP contribution in [0.2, 0.25) is 0 Å². The number of anilines is 1. The Morgan fingerprint density at radius 1 is 1.17 bits per heavy atom. The largest absolute Gasteiger partial charge is 0.497 e. The van der Waals surface area contributed by atoms with E-state index in [1.807, 2.05) is 13.8 Å². The number of amides is 1. The molecule has 2 rings (SSSR count). The Kier molecular flexibility index (Phi) is 5.39. The highest BCUT2D eigenvalue weighted by atomic mass is 32.1. The maximum Gasteiger partial charge on any atom is 0.341 e. The van der Waals surface area contributed by atoms with Crippen LogP contribution in [0.1, 0.15) is 38.1 Å². The fourth-order valence-electron chi connectivity index (χ4n) is 2.08. The second-order valence-corrected chi connectivity index (χ2v) is 6.12. The molecule has 122 valence electrons. The molecule has 0 aliphatic rings. The van der Waals surface area contributed by atoms with E-state index < -0.39 is 5.97 Å². The van der Waals surface area contributed by atoms with Crippen molar-refractivity contribution in [3.8, 4) is 5.75 Å². The van der Waals surface area contributed by atoms with Gasteiger partial charge in [0, 0.05) is 10.4 Å². The number of carbonyl (C=O) groups excluding carboxylic acids is 2. The molecule has 0 fully saturated rings. The van der Waals surface area contributed by atoms with Crippen LogP contribution in [0.15, 0.2) is 24.3 Å². The Labute approximate surface area is 139 Å². The lowest BCUT2D eigenvalue weighted by Crippen LogP contribution is -2.14. The number of nitrogens with one attached hydrogen (secondary N) is 1. The number of thiophene rings is 1. The van der Waals surface area contributed by atoms with Gasteiger partial charge >= 0.3 is 5.97 Å². The van der Waals surface area contributed by atoms with Crippen molar-refractivity contribution in [1.82, 2.24) is 0 Å². The van der Waals surface area contributed by atoms with Crippen molar-refractivity contribution in [2.24, 2.45) is 0 Å². The van der Waals surface area contributed by atoms with Gasteiger partial charge < -0.3 is 14.8 Å². The first-order chi connectivity index (χ1) is 11.0. The number of hydrogen-bond acceptors (Lipinski definition) is 5. The number of carbonyl (C=O) groups is 2. The molecule has 5 nitrogen and oxygen atoms in total. The van der Waals surface area contributed by atoms with E-state index in [0.29, 0.717) is 28.5 Å². The van der Waals surface area contributed by atoms with Crippen molar-refractivity contribution in [3.05, 3.63) is 45.8 Å². The van der Waals surface area contributed by atoms with Crippen LogP contribution < -0.4 is 10.1 Å². The summed E-state index contributed by atoms with van der Waals surface area (Å²) in [6.45, 7) is 5.80. The molecule has 0 aliphatic heterocycles. The van der Waals surface area contributed by atoms with Crippen LogP contribution in [0.5, 0.6) is 5.75 Å². The van der Waals surface area contributed by atoms with E-state index in [2.05, 4.69) is 5.32 Å². The summed E-state index contributed by atoms with van der Waals surface area (Å²) in [5.41, 5.74) is 1.75. The van der Waals surface area contributed by atoms with Gasteiger partial charge in [-0.1, -0.05) is 0 Å². The lowest BCUT2D eigenvalue weighted by atomic mass is 10.1. The number of rotatable bonds is 5. The molecule has 1 aromatic carbocycles. The summed E-state index contributed by atoms with van der Waals surface area (Å²) in [5, 5.41) is 3.32. The third-order valence-corrected chi connectivity index (χ3v) is 4.57. The minimum atomic E-state index is -0.417. The van der Waals surface area contributed by atoms with E-state index in [0.717, 1.165) is 10.4 Å². The van der Waals surface area contributed by atoms with Gasteiger partial charge in [-0.2, -0.15) is 0 Å². The molecule has 0 aliphatic carbocycles. The molecular weight excluding hydrogens is 314 g/mol. The zero-order chi connectivity index (χ0) is 17.0. The molecule has 2 aromatic rings. The van der Waals surface area contributed by atoms with E-state index in [1.165, 1.54) is 11.3 Å². The van der Waals surface area contributed by atoms with E-state index in [4.69, 9.17) is 9.47 Å². The first kappa shape index (κ1) is 17.0. The van der Waals surface area contributed by atoms with Crippen molar-refractivity contribution in [1.29, 1.82) is 0 Å². The SMILES string of the molecule is CCOC(=O)c1c(NC(=O)c2ccc(OC)cc2)sc(C)c1C. The number of hydrogen-bond donors (Lipinski definition) is 1. The van der Waals surface area contributed by atoms with Gasteiger partial charge in [0.2, 0.25) is 0 Å². The maximum absolute atomic E-state index is 12.4. The van der Waals surface area contributed by atoms with Crippen LogP contribution in [-0.2, 0) is 4.74 Å². The van der Waals surface area contributed by atoms with Crippen molar-refractivity contribution in [2.45, 2.75) is 20.8 Å². The van der Waals surface area contributed by atoms with E-state index in [-0.39, 0.29) is 5.91 Å². The minimum Gasteiger partial charge on any atom is -0.497 e. The van der Waals surface area contributed by atoms with Gasteiger partial charge in [0.25, 0.3) is 5.91 Å². The van der Waals surface area contributed by atoms with Gasteiger partial charge in [-0.3, -0.25) is 4.79 Å². The zero-order valence-electron chi connectivity index (χ0n) is 13.6. The van der Waals surface area contributed by atoms with Gasteiger partial charge in [0.15, 0.2) is 0 Å². The molecule has 0 saturated heterocycles. The van der Waals surface area contributed by atoms with Gasteiger partial charge in [-0.05, 0) is 50.6 Å². The molecule has 23 heavy (non-hydrogen) atoms. The lowest BCUT2D eigenvalue weighted by Gasteiger charge is -2.07. The molecule has 0 unspecified atom stereocenters. The predicted octanol–water partition coefficient (Wildman–Crippen LogP) is 3.80. The average Bonchev–Trinajstić information content (AvgIpc) is 2.82. The second kappa shape index (κ2) is 7.28. The Morgan fingerprint density at radius 2 is 1.83 bits per heavy atom. The minimum absolute atomic E-state index is 0.278. The van der Waals surface area contributed by atoms with Crippen molar-refractivity contribution >= 4 is 28.2 Å². The molecular formula is C17H19NO4S. The molecule has 0 radical (unpaired) electrons. The van der Waals surface area contributed by atoms with Gasteiger partial charge in [-0.15, -0.1) is 11.3 Å². The van der Waals surface area contributed by atoms with Crippen LogP contribution in [0.25, 0.3) is 0 Å². The summed E-state index contributed by atoms with van der Waals surface area (Å²) >= 11 is 1.37. The average molecular weight is 333 g/mol. The van der Waals surface area contributed by atoms with E-state index in [1.54, 1.807) is 38.3 Å². The highest BCUT2D eigenvalue weighted by Crippen LogP contribution is 2.33. The zero-order valence-corrected chi connectivity index (χ0v) is 14.4. The molecule has 6 heteroatoms. The molecule has 1 heterocycles. The van der Waals surface area contributed by atoms with Crippen LogP contribution in [0.3, 0.4) is 0 Å². The summed E-state index contributed by atoms with van der Waals surface area (Å²) in [6.07, 6.45) is 0. The first-order valence-corrected chi connectivity index (χ1v) is 8.02. The van der Waals surface area contributed by atoms with Gasteiger partial charge in [0.1, 0.15) is 10.8 Å². The molecule has 1 amide bonds. The molecule has 1 N–H and O–H groups in total. The van der Waals surface area contributed by atoms with Crippen LogP contribution in [0.4, 0.5) is 5.00 Å². The second-order valence-electron chi connectivity index (χ2n) is 4.89. The lowest BCUT2D eigenvalue weighted by molar-refractivity contribution is 0.0527.